The molecule has 1 saturated heterocycles. The van der Waals surface area contributed by atoms with Gasteiger partial charge in [0.05, 0.1) is 6.54 Å². The van der Waals surface area contributed by atoms with Gasteiger partial charge >= 0.3 is 5.97 Å². The molecule has 0 aromatic heterocycles. The van der Waals surface area contributed by atoms with Gasteiger partial charge in [0.25, 0.3) is 0 Å². The summed E-state index contributed by atoms with van der Waals surface area (Å²) >= 11 is 0. The Balaban J connectivity index is 2.44. The summed E-state index contributed by atoms with van der Waals surface area (Å²) in [5, 5.41) is 0. The van der Waals surface area contributed by atoms with Crippen LogP contribution in [0.2, 0.25) is 0 Å². The number of ether oxygens (including phenoxy) is 1. The van der Waals surface area contributed by atoms with Gasteiger partial charge in [-0.15, -0.1) is 0 Å². The lowest BCUT2D eigenvalue weighted by Gasteiger charge is -2.28. The van der Waals surface area contributed by atoms with Gasteiger partial charge in [0, 0.05) is 6.04 Å². The third-order valence-corrected chi connectivity index (χ3v) is 2.94. The van der Waals surface area contributed by atoms with E-state index < -0.39 is 0 Å². The van der Waals surface area contributed by atoms with Crippen LogP contribution in [0.5, 0.6) is 0 Å². The zero-order valence-electron chi connectivity index (χ0n) is 11.2. The summed E-state index contributed by atoms with van der Waals surface area (Å²) in [5.41, 5.74) is -0.371. The van der Waals surface area contributed by atoms with E-state index in [-0.39, 0.29) is 11.6 Å². The van der Waals surface area contributed by atoms with Gasteiger partial charge in [-0.05, 0) is 46.1 Å². The number of likely N-dealkylation sites (tertiary alicyclic amines) is 1. The molecule has 3 heteroatoms. The van der Waals surface area contributed by atoms with E-state index in [1.165, 1.54) is 12.8 Å². The Morgan fingerprint density at radius 1 is 1.44 bits per heavy atom. The summed E-state index contributed by atoms with van der Waals surface area (Å²) in [6.45, 7) is 11.6. The zero-order valence-corrected chi connectivity index (χ0v) is 11.2. The molecule has 0 saturated carbocycles. The smallest absolute Gasteiger partial charge is 0.320 e. The van der Waals surface area contributed by atoms with E-state index in [2.05, 4.69) is 18.7 Å². The molecule has 0 amide bonds. The minimum absolute atomic E-state index is 0.0972. The Hall–Kier alpha value is -0.570. The molecule has 0 bridgehead atoms. The van der Waals surface area contributed by atoms with Gasteiger partial charge in [-0.2, -0.15) is 0 Å². The number of nitrogens with zero attached hydrogens (tertiary/aromatic N) is 1. The van der Waals surface area contributed by atoms with Crippen molar-refractivity contribution < 1.29 is 9.53 Å². The Kier molecular flexibility index (Phi) is 4.36. The highest BCUT2D eigenvalue weighted by Gasteiger charge is 2.29. The largest absolute Gasteiger partial charge is 0.459 e. The first kappa shape index (κ1) is 13.5. The van der Waals surface area contributed by atoms with Crippen molar-refractivity contribution in [3.8, 4) is 0 Å². The predicted molar refractivity (Wildman–Crippen MR) is 65.3 cm³/mol. The fourth-order valence-electron chi connectivity index (χ4n) is 2.34. The van der Waals surface area contributed by atoms with E-state index in [9.17, 15) is 4.79 Å². The van der Waals surface area contributed by atoms with E-state index in [1.807, 2.05) is 20.8 Å². The lowest BCUT2D eigenvalue weighted by molar-refractivity contribution is -0.156. The van der Waals surface area contributed by atoms with E-state index in [0.29, 0.717) is 18.5 Å². The summed E-state index contributed by atoms with van der Waals surface area (Å²) in [6, 6.07) is 0.549. The van der Waals surface area contributed by atoms with Gasteiger partial charge in [0.15, 0.2) is 0 Å². The second-order valence-electron chi connectivity index (χ2n) is 6.01. The van der Waals surface area contributed by atoms with Crippen molar-refractivity contribution in [2.24, 2.45) is 5.92 Å². The summed E-state index contributed by atoms with van der Waals surface area (Å²) in [4.78, 5) is 14.0. The molecule has 0 N–H and O–H groups in total. The Morgan fingerprint density at radius 3 is 2.56 bits per heavy atom. The summed E-state index contributed by atoms with van der Waals surface area (Å²) < 4.78 is 5.35. The predicted octanol–water partition coefficient (Wildman–Crippen LogP) is 2.45. The molecule has 1 rings (SSSR count). The number of carbonyl (C=O) groups excluding carboxylic acids is 1. The van der Waals surface area contributed by atoms with Crippen LogP contribution in [0.15, 0.2) is 0 Å². The van der Waals surface area contributed by atoms with Crippen molar-refractivity contribution in [2.45, 2.75) is 59.1 Å². The monoisotopic (exact) mass is 227 g/mol. The molecule has 1 fully saturated rings. The minimum atomic E-state index is -0.371. The first-order valence-corrected chi connectivity index (χ1v) is 6.25. The maximum absolute atomic E-state index is 11.7. The second-order valence-corrected chi connectivity index (χ2v) is 6.01. The number of hydrogen-bond donors (Lipinski definition) is 0. The highest BCUT2D eigenvalue weighted by atomic mass is 16.6. The number of hydrogen-bond acceptors (Lipinski definition) is 3. The van der Waals surface area contributed by atoms with Crippen LogP contribution in [0.1, 0.15) is 47.5 Å². The molecule has 1 unspecified atom stereocenters. The molecule has 1 aliphatic heterocycles. The molecule has 0 aliphatic carbocycles. The van der Waals surface area contributed by atoms with Crippen molar-refractivity contribution >= 4 is 5.97 Å². The highest BCUT2D eigenvalue weighted by Crippen LogP contribution is 2.23. The fourth-order valence-corrected chi connectivity index (χ4v) is 2.34. The van der Waals surface area contributed by atoms with Crippen molar-refractivity contribution in [3.63, 3.8) is 0 Å². The van der Waals surface area contributed by atoms with Crippen LogP contribution in [0, 0.1) is 5.92 Å². The molecule has 1 aliphatic rings. The van der Waals surface area contributed by atoms with E-state index >= 15 is 0 Å². The van der Waals surface area contributed by atoms with Gasteiger partial charge in [-0.1, -0.05) is 13.8 Å². The third-order valence-electron chi connectivity index (χ3n) is 2.94. The Labute approximate surface area is 99.1 Å². The maximum atomic E-state index is 11.7. The van der Waals surface area contributed by atoms with Crippen LogP contribution in [-0.4, -0.2) is 35.6 Å². The SMILES string of the molecule is CC(C)C1CCCN1CC(=O)OC(C)(C)C. The normalized spacial score (nSPS) is 22.8. The van der Waals surface area contributed by atoms with Crippen LogP contribution in [-0.2, 0) is 9.53 Å². The molecule has 0 radical (unpaired) electrons. The van der Waals surface area contributed by atoms with Gasteiger partial charge in [0.2, 0.25) is 0 Å². The molecule has 94 valence electrons. The Morgan fingerprint density at radius 2 is 2.06 bits per heavy atom. The molecular formula is C13H25NO2. The quantitative estimate of drug-likeness (QED) is 0.694. The van der Waals surface area contributed by atoms with Crippen LogP contribution in [0.25, 0.3) is 0 Å². The molecule has 0 aromatic carbocycles. The first-order valence-electron chi connectivity index (χ1n) is 6.25. The van der Waals surface area contributed by atoms with Crippen molar-refractivity contribution in [3.05, 3.63) is 0 Å². The van der Waals surface area contributed by atoms with Crippen LogP contribution >= 0.6 is 0 Å². The van der Waals surface area contributed by atoms with Gasteiger partial charge < -0.3 is 4.74 Å². The number of esters is 1. The number of rotatable bonds is 3. The lowest BCUT2D eigenvalue weighted by atomic mass is 10.0. The molecule has 1 heterocycles. The highest BCUT2D eigenvalue weighted by molar-refractivity contribution is 5.72. The van der Waals surface area contributed by atoms with Gasteiger partial charge in [0.1, 0.15) is 5.60 Å². The zero-order chi connectivity index (χ0) is 12.3. The topological polar surface area (TPSA) is 29.5 Å². The molecule has 3 nitrogen and oxygen atoms in total. The first-order chi connectivity index (χ1) is 7.29. The van der Waals surface area contributed by atoms with Gasteiger partial charge in [-0.3, -0.25) is 9.69 Å². The van der Waals surface area contributed by atoms with Crippen LogP contribution < -0.4 is 0 Å². The molecule has 16 heavy (non-hydrogen) atoms. The standard InChI is InChI=1S/C13H25NO2/c1-10(2)11-7-6-8-14(11)9-12(15)16-13(3,4)5/h10-11H,6-9H2,1-5H3. The van der Waals surface area contributed by atoms with E-state index in [0.717, 1.165) is 6.54 Å². The minimum Gasteiger partial charge on any atom is -0.459 e. The van der Waals surface area contributed by atoms with Crippen molar-refractivity contribution in [1.82, 2.24) is 4.90 Å². The molecule has 1 atom stereocenters. The fraction of sp³-hybridized carbons (Fsp3) is 0.923. The van der Waals surface area contributed by atoms with E-state index in [1.54, 1.807) is 0 Å². The maximum Gasteiger partial charge on any atom is 0.320 e. The summed E-state index contributed by atoms with van der Waals surface area (Å²) in [7, 11) is 0. The molecule has 0 aromatic rings. The van der Waals surface area contributed by atoms with Crippen LogP contribution in [0.4, 0.5) is 0 Å². The lowest BCUT2D eigenvalue weighted by Crippen LogP contribution is -2.39. The average Bonchev–Trinajstić information content (AvgIpc) is 2.47. The summed E-state index contributed by atoms with van der Waals surface area (Å²) in [5.74, 6) is 0.519. The Bertz CT molecular complexity index is 243. The molecular weight excluding hydrogens is 202 g/mol. The van der Waals surface area contributed by atoms with Crippen LogP contribution in [0.3, 0.4) is 0 Å². The second kappa shape index (κ2) is 5.17. The average molecular weight is 227 g/mol. The van der Waals surface area contributed by atoms with Gasteiger partial charge in [-0.25, -0.2) is 0 Å². The third kappa shape index (κ3) is 4.12. The summed E-state index contributed by atoms with van der Waals surface area (Å²) in [6.07, 6.45) is 2.41. The van der Waals surface area contributed by atoms with E-state index in [4.69, 9.17) is 4.74 Å². The van der Waals surface area contributed by atoms with Crippen molar-refractivity contribution in [2.75, 3.05) is 13.1 Å². The molecule has 0 spiro atoms. The van der Waals surface area contributed by atoms with Crippen molar-refractivity contribution in [1.29, 1.82) is 0 Å². The number of carbonyl (C=O) groups is 1.